The Morgan fingerprint density at radius 3 is 2.09 bits per heavy atom. The first-order chi connectivity index (χ1) is 15.8. The second kappa shape index (κ2) is 11.6. The average molecular weight is 575 g/mol. The van der Waals surface area contributed by atoms with E-state index in [0.29, 0.717) is 6.42 Å². The molecule has 1 aliphatic heterocycles. The number of allylic oxidation sites excluding steroid dienone is 1. The molecule has 3 rings (SSSR count). The lowest BCUT2D eigenvalue weighted by Crippen LogP contribution is -2.67. The van der Waals surface area contributed by atoms with Gasteiger partial charge in [-0.15, -0.1) is 0 Å². The third kappa shape index (κ3) is 6.25. The number of hydrogen-bond donors (Lipinski definition) is 0. The number of benzene rings is 2. The summed E-state index contributed by atoms with van der Waals surface area (Å²) in [7, 11) is -2.69. The monoisotopic (exact) mass is 574 g/mol. The van der Waals surface area contributed by atoms with Crippen LogP contribution in [0, 0.1) is 0 Å². The van der Waals surface area contributed by atoms with Crippen molar-refractivity contribution < 1.29 is 14.0 Å². The van der Waals surface area contributed by atoms with Gasteiger partial charge in [0.1, 0.15) is 6.10 Å². The Kier molecular flexibility index (Phi) is 9.13. The van der Waals surface area contributed by atoms with Crippen LogP contribution in [0.2, 0.25) is 5.04 Å². The molecule has 3 nitrogen and oxygen atoms in total. The van der Waals surface area contributed by atoms with Gasteiger partial charge in [0.2, 0.25) is 0 Å². The molecule has 1 heterocycles. The maximum Gasteiger partial charge on any atom is 0.334 e. The number of carbonyl (C=O) groups excluding carboxylic acids is 1. The number of ether oxygens (including phenoxy) is 1. The van der Waals surface area contributed by atoms with Gasteiger partial charge in [-0.25, -0.2) is 4.79 Å². The van der Waals surface area contributed by atoms with Gasteiger partial charge in [0.15, 0.2) is 0 Å². The summed E-state index contributed by atoms with van der Waals surface area (Å²) in [6.07, 6.45) is 7.40. The van der Waals surface area contributed by atoms with Crippen LogP contribution >= 0.6 is 22.6 Å². The molecule has 0 fully saturated rings. The van der Waals surface area contributed by atoms with Crippen molar-refractivity contribution in [2.45, 2.75) is 70.6 Å². The van der Waals surface area contributed by atoms with E-state index in [0.717, 1.165) is 24.8 Å². The highest BCUT2D eigenvalue weighted by atomic mass is 127. The summed E-state index contributed by atoms with van der Waals surface area (Å²) >= 11 is 2.26. The van der Waals surface area contributed by atoms with Gasteiger partial charge >= 0.3 is 5.97 Å². The van der Waals surface area contributed by atoms with Gasteiger partial charge in [-0.2, -0.15) is 0 Å². The van der Waals surface area contributed by atoms with E-state index in [9.17, 15) is 4.79 Å². The lowest BCUT2D eigenvalue weighted by molar-refractivity contribution is -0.139. The van der Waals surface area contributed by atoms with E-state index in [4.69, 9.17) is 9.16 Å². The summed E-state index contributed by atoms with van der Waals surface area (Å²) in [4.78, 5) is 12.5. The summed E-state index contributed by atoms with van der Waals surface area (Å²) in [5.41, 5.74) is 0.745. The van der Waals surface area contributed by atoms with Crippen LogP contribution in [0.5, 0.6) is 0 Å². The van der Waals surface area contributed by atoms with Crippen LogP contribution < -0.4 is 10.4 Å². The Morgan fingerprint density at radius 1 is 1.06 bits per heavy atom. The minimum Gasteiger partial charge on any atom is -0.455 e. The average Bonchev–Trinajstić information content (AvgIpc) is 3.11. The molecule has 0 saturated carbocycles. The van der Waals surface area contributed by atoms with Crippen molar-refractivity contribution in [2.75, 3.05) is 0 Å². The Labute approximate surface area is 213 Å². The SMILES string of the molecule is C[C@H]1C=C(C[C@@H](CCC/C=C/I)O[Si](c2ccccc2)(c2ccccc2)C(C)(C)C)C(=O)O1. The Morgan fingerprint density at radius 2 is 1.64 bits per heavy atom. The first kappa shape index (κ1) is 25.9. The molecule has 5 heteroatoms. The van der Waals surface area contributed by atoms with Gasteiger partial charge in [0.05, 0.1) is 6.10 Å². The summed E-state index contributed by atoms with van der Waals surface area (Å²) in [5.74, 6) is -0.203. The van der Waals surface area contributed by atoms with Crippen molar-refractivity contribution in [1.82, 2.24) is 0 Å². The Balaban J connectivity index is 2.06. The van der Waals surface area contributed by atoms with E-state index in [1.165, 1.54) is 10.4 Å². The number of carbonyl (C=O) groups is 1. The number of unbranched alkanes of at least 4 members (excludes halogenated alkanes) is 1. The zero-order chi connectivity index (χ0) is 23.9. The molecular formula is C28H35IO3Si. The van der Waals surface area contributed by atoms with Crippen LogP contribution in [0.1, 0.15) is 53.4 Å². The van der Waals surface area contributed by atoms with E-state index in [1.807, 2.05) is 13.0 Å². The standard InChI is InChI=1S/C28H35IO3Si/c1-22-20-23(27(30)31-22)21-24(14-8-7-13-19-29)32-33(28(2,3)4,25-15-9-5-10-16-25)26-17-11-6-12-18-26/h5-6,9-13,15-20,22,24H,7-8,14,21H2,1-4H3/b19-13+/t22-,24+/m0/s1. The van der Waals surface area contributed by atoms with Crippen LogP contribution in [0.25, 0.3) is 0 Å². The van der Waals surface area contributed by atoms with Crippen molar-refractivity contribution in [3.05, 3.63) is 82.5 Å². The summed E-state index contributed by atoms with van der Waals surface area (Å²) in [6, 6.07) is 21.4. The molecule has 1 aliphatic rings. The fraction of sp³-hybridized carbons (Fsp3) is 0.393. The molecule has 0 N–H and O–H groups in total. The summed E-state index contributed by atoms with van der Waals surface area (Å²) in [5, 5.41) is 2.42. The van der Waals surface area contributed by atoms with Crippen molar-refractivity contribution in [2.24, 2.45) is 0 Å². The zero-order valence-corrected chi connectivity index (χ0v) is 23.2. The van der Waals surface area contributed by atoms with E-state index < -0.39 is 8.32 Å². The minimum atomic E-state index is -2.69. The van der Waals surface area contributed by atoms with Crippen LogP contribution in [0.3, 0.4) is 0 Å². The third-order valence-electron chi connectivity index (χ3n) is 6.18. The molecule has 2 atom stereocenters. The van der Waals surface area contributed by atoms with E-state index in [2.05, 4.69) is 114 Å². The highest BCUT2D eigenvalue weighted by molar-refractivity contribution is 14.1. The fourth-order valence-corrected chi connectivity index (χ4v) is 9.77. The zero-order valence-electron chi connectivity index (χ0n) is 20.1. The van der Waals surface area contributed by atoms with Gasteiger partial charge in [-0.1, -0.05) is 110 Å². The van der Waals surface area contributed by atoms with Gasteiger partial charge < -0.3 is 9.16 Å². The van der Waals surface area contributed by atoms with Crippen molar-refractivity contribution in [3.8, 4) is 0 Å². The molecule has 176 valence electrons. The van der Waals surface area contributed by atoms with Crippen molar-refractivity contribution in [3.63, 3.8) is 0 Å². The lowest BCUT2D eigenvalue weighted by Gasteiger charge is -2.45. The molecule has 0 unspecified atom stereocenters. The van der Waals surface area contributed by atoms with Crippen molar-refractivity contribution in [1.29, 1.82) is 0 Å². The molecule has 2 aromatic rings. The summed E-state index contributed by atoms with van der Waals surface area (Å²) in [6.45, 7) is 8.79. The second-order valence-corrected chi connectivity index (χ2v) is 14.7. The maximum atomic E-state index is 12.5. The molecular weight excluding hydrogens is 539 g/mol. The van der Waals surface area contributed by atoms with Crippen molar-refractivity contribution >= 4 is 47.3 Å². The van der Waals surface area contributed by atoms with E-state index in [-0.39, 0.29) is 23.2 Å². The lowest BCUT2D eigenvalue weighted by atomic mass is 10.0. The number of esters is 1. The topological polar surface area (TPSA) is 35.5 Å². The molecule has 0 radical (unpaired) electrons. The van der Waals surface area contributed by atoms with Crippen LogP contribution in [-0.4, -0.2) is 26.5 Å². The molecule has 0 bridgehead atoms. The van der Waals surface area contributed by atoms with Crippen LogP contribution in [-0.2, 0) is 14.0 Å². The molecule has 0 aromatic heterocycles. The van der Waals surface area contributed by atoms with Gasteiger partial charge in [-0.3, -0.25) is 0 Å². The molecule has 0 aliphatic carbocycles. The van der Waals surface area contributed by atoms with E-state index in [1.54, 1.807) is 0 Å². The maximum absolute atomic E-state index is 12.5. The number of cyclic esters (lactones) is 1. The van der Waals surface area contributed by atoms with E-state index >= 15 is 0 Å². The quantitative estimate of drug-likeness (QED) is 0.144. The van der Waals surface area contributed by atoms with Gasteiger partial charge in [0.25, 0.3) is 8.32 Å². The van der Waals surface area contributed by atoms with Gasteiger partial charge in [0, 0.05) is 12.0 Å². The third-order valence-corrected chi connectivity index (χ3v) is 11.8. The largest absolute Gasteiger partial charge is 0.455 e. The Hall–Kier alpha value is -1.70. The number of halogens is 1. The normalized spacial score (nSPS) is 17.8. The number of rotatable bonds is 10. The molecule has 33 heavy (non-hydrogen) atoms. The van der Waals surface area contributed by atoms with Gasteiger partial charge in [-0.05, 0) is 51.8 Å². The second-order valence-electron chi connectivity index (χ2n) is 9.70. The first-order valence-electron chi connectivity index (χ1n) is 11.7. The smallest absolute Gasteiger partial charge is 0.334 e. The molecule has 0 spiro atoms. The summed E-state index contributed by atoms with van der Waals surface area (Å²) < 4.78 is 14.8. The molecule has 0 saturated heterocycles. The van der Waals surface area contributed by atoms with Crippen LogP contribution in [0.4, 0.5) is 0 Å². The first-order valence-corrected chi connectivity index (χ1v) is 14.9. The molecule has 0 amide bonds. The highest BCUT2D eigenvalue weighted by Crippen LogP contribution is 2.39. The number of hydrogen-bond acceptors (Lipinski definition) is 3. The Bertz CT molecular complexity index is 924. The predicted molar refractivity (Wildman–Crippen MR) is 148 cm³/mol. The minimum absolute atomic E-state index is 0.0667. The predicted octanol–water partition coefficient (Wildman–Crippen LogP) is 6.31. The van der Waals surface area contributed by atoms with Crippen LogP contribution in [0.15, 0.2) is 82.5 Å². The highest BCUT2D eigenvalue weighted by Gasteiger charge is 2.51. The molecule has 2 aromatic carbocycles. The fourth-order valence-electron chi connectivity index (χ4n) is 4.70.